The maximum absolute atomic E-state index is 12.4. The molecule has 1 N–H and O–H groups in total. The molecule has 0 fully saturated rings. The van der Waals surface area contributed by atoms with Crippen molar-refractivity contribution in [1.29, 1.82) is 5.26 Å². The number of nitrogens with zero attached hydrogens (tertiary/aromatic N) is 3. The molecule has 0 spiro atoms. The van der Waals surface area contributed by atoms with Gasteiger partial charge in [-0.05, 0) is 48.9 Å². The highest BCUT2D eigenvalue weighted by atomic mass is 16.5. The van der Waals surface area contributed by atoms with Crippen LogP contribution in [0.3, 0.4) is 0 Å². The van der Waals surface area contributed by atoms with Crippen LogP contribution in [-0.2, 0) is 6.54 Å². The van der Waals surface area contributed by atoms with E-state index in [9.17, 15) is 9.59 Å². The number of rotatable bonds is 6. The third-order valence-corrected chi connectivity index (χ3v) is 3.88. The van der Waals surface area contributed by atoms with E-state index in [1.165, 1.54) is 16.8 Å². The Balaban J connectivity index is 1.70. The van der Waals surface area contributed by atoms with Gasteiger partial charge in [-0.2, -0.15) is 10.4 Å². The lowest BCUT2D eigenvalue weighted by atomic mass is 10.2. The second kappa shape index (κ2) is 8.64. The molecule has 1 aromatic heterocycles. The number of carbonyl (C=O) groups is 1. The van der Waals surface area contributed by atoms with Gasteiger partial charge in [0.2, 0.25) is 0 Å². The number of ether oxygens (including phenoxy) is 1. The molecule has 0 saturated heterocycles. The zero-order chi connectivity index (χ0) is 19.9. The van der Waals surface area contributed by atoms with Gasteiger partial charge in [0.15, 0.2) is 0 Å². The van der Waals surface area contributed by atoms with Crippen LogP contribution < -0.4 is 15.6 Å². The molecule has 0 aliphatic carbocycles. The lowest BCUT2D eigenvalue weighted by Crippen LogP contribution is -2.26. The zero-order valence-corrected chi connectivity index (χ0v) is 15.3. The van der Waals surface area contributed by atoms with Crippen molar-refractivity contribution in [2.45, 2.75) is 19.9 Å². The number of para-hydroxylation sites is 1. The molecule has 3 aromatic rings. The number of anilines is 1. The molecule has 0 aliphatic rings. The van der Waals surface area contributed by atoms with Gasteiger partial charge in [0.25, 0.3) is 11.5 Å². The standard InChI is InChI=1S/C21H18N4O3/c1-2-13-25-20(26)12-11-18(24-25)21(27)23-16-7-9-17(10-8-16)28-19-6-4-3-5-15(19)14-22/h3-12H,2,13H2,1H3,(H,23,27). The number of amides is 1. The smallest absolute Gasteiger partial charge is 0.276 e. The fraction of sp³-hybridized carbons (Fsp3) is 0.143. The van der Waals surface area contributed by atoms with Gasteiger partial charge in [-0.1, -0.05) is 19.1 Å². The summed E-state index contributed by atoms with van der Waals surface area (Å²) in [6, 6.07) is 18.5. The number of hydrogen-bond acceptors (Lipinski definition) is 5. The third-order valence-electron chi connectivity index (χ3n) is 3.88. The molecule has 0 saturated carbocycles. The number of aryl methyl sites for hydroxylation is 1. The van der Waals surface area contributed by atoms with Crippen LogP contribution in [0.2, 0.25) is 0 Å². The number of nitriles is 1. The average molecular weight is 374 g/mol. The van der Waals surface area contributed by atoms with E-state index in [-0.39, 0.29) is 11.3 Å². The van der Waals surface area contributed by atoms with Gasteiger partial charge >= 0.3 is 0 Å². The minimum absolute atomic E-state index is 0.163. The first kappa shape index (κ1) is 18.9. The van der Waals surface area contributed by atoms with Crippen LogP contribution in [0.5, 0.6) is 11.5 Å². The lowest BCUT2D eigenvalue weighted by Gasteiger charge is -2.09. The molecular weight excluding hydrogens is 356 g/mol. The van der Waals surface area contributed by atoms with Gasteiger partial charge in [-0.15, -0.1) is 0 Å². The average Bonchev–Trinajstić information content (AvgIpc) is 2.71. The van der Waals surface area contributed by atoms with E-state index in [2.05, 4.69) is 16.5 Å². The van der Waals surface area contributed by atoms with Gasteiger partial charge in [-0.3, -0.25) is 9.59 Å². The van der Waals surface area contributed by atoms with Crippen LogP contribution >= 0.6 is 0 Å². The largest absolute Gasteiger partial charge is 0.456 e. The molecule has 28 heavy (non-hydrogen) atoms. The van der Waals surface area contributed by atoms with Crippen molar-refractivity contribution >= 4 is 11.6 Å². The fourth-order valence-corrected chi connectivity index (χ4v) is 2.52. The highest BCUT2D eigenvalue weighted by Gasteiger charge is 2.10. The molecule has 7 heteroatoms. The predicted octanol–water partition coefficient (Wildman–Crippen LogP) is 3.57. The molecule has 0 aliphatic heterocycles. The molecular formula is C21H18N4O3. The number of nitrogens with one attached hydrogen (secondary N) is 1. The van der Waals surface area contributed by atoms with Crippen molar-refractivity contribution in [1.82, 2.24) is 9.78 Å². The highest BCUT2D eigenvalue weighted by molar-refractivity contribution is 6.02. The highest BCUT2D eigenvalue weighted by Crippen LogP contribution is 2.25. The van der Waals surface area contributed by atoms with Gasteiger partial charge in [0, 0.05) is 18.3 Å². The van der Waals surface area contributed by atoms with E-state index in [0.29, 0.717) is 29.3 Å². The molecule has 7 nitrogen and oxygen atoms in total. The van der Waals surface area contributed by atoms with E-state index in [4.69, 9.17) is 10.00 Å². The van der Waals surface area contributed by atoms with Crippen LogP contribution in [0.4, 0.5) is 5.69 Å². The van der Waals surface area contributed by atoms with E-state index in [1.807, 2.05) is 6.92 Å². The topological polar surface area (TPSA) is 97.0 Å². The Labute approximate surface area is 161 Å². The van der Waals surface area contributed by atoms with Crippen LogP contribution in [0.1, 0.15) is 29.4 Å². The number of benzene rings is 2. The quantitative estimate of drug-likeness (QED) is 0.711. The predicted molar refractivity (Wildman–Crippen MR) is 104 cm³/mol. The van der Waals surface area contributed by atoms with Crippen LogP contribution in [0, 0.1) is 11.3 Å². The normalized spacial score (nSPS) is 10.1. The maximum atomic E-state index is 12.4. The SMILES string of the molecule is CCCn1nc(C(=O)Nc2ccc(Oc3ccccc3C#N)cc2)ccc1=O. The molecule has 1 amide bonds. The summed E-state index contributed by atoms with van der Waals surface area (Å²) in [6.45, 7) is 2.38. The Morgan fingerprint density at radius 2 is 1.89 bits per heavy atom. The van der Waals surface area contributed by atoms with E-state index >= 15 is 0 Å². The van der Waals surface area contributed by atoms with Gasteiger partial charge in [0.1, 0.15) is 23.3 Å². The second-order valence-corrected chi connectivity index (χ2v) is 5.97. The minimum atomic E-state index is -0.409. The molecule has 0 bridgehead atoms. The summed E-state index contributed by atoms with van der Waals surface area (Å²) in [5.74, 6) is 0.591. The van der Waals surface area contributed by atoms with Crippen molar-refractivity contribution in [2.75, 3.05) is 5.32 Å². The summed E-state index contributed by atoms with van der Waals surface area (Å²) in [6.07, 6.45) is 0.744. The molecule has 0 unspecified atom stereocenters. The van der Waals surface area contributed by atoms with Gasteiger partial charge in [-0.25, -0.2) is 4.68 Å². The van der Waals surface area contributed by atoms with E-state index in [1.54, 1.807) is 48.5 Å². The molecule has 3 rings (SSSR count). The van der Waals surface area contributed by atoms with Crippen molar-refractivity contribution in [3.05, 3.63) is 82.3 Å². The lowest BCUT2D eigenvalue weighted by molar-refractivity contribution is 0.101. The van der Waals surface area contributed by atoms with Crippen LogP contribution in [-0.4, -0.2) is 15.7 Å². The number of carbonyl (C=O) groups excluding carboxylic acids is 1. The molecule has 1 heterocycles. The Hall–Kier alpha value is -3.92. The first-order valence-electron chi connectivity index (χ1n) is 8.77. The Morgan fingerprint density at radius 3 is 2.61 bits per heavy atom. The van der Waals surface area contributed by atoms with Crippen molar-refractivity contribution in [2.24, 2.45) is 0 Å². The molecule has 0 radical (unpaired) electrons. The number of hydrogen-bond donors (Lipinski definition) is 1. The monoisotopic (exact) mass is 374 g/mol. The first-order valence-corrected chi connectivity index (χ1v) is 8.77. The number of aromatic nitrogens is 2. The first-order chi connectivity index (χ1) is 13.6. The summed E-state index contributed by atoms with van der Waals surface area (Å²) in [7, 11) is 0. The maximum Gasteiger partial charge on any atom is 0.276 e. The summed E-state index contributed by atoms with van der Waals surface area (Å²) < 4.78 is 6.99. The minimum Gasteiger partial charge on any atom is -0.456 e. The second-order valence-electron chi connectivity index (χ2n) is 5.97. The van der Waals surface area contributed by atoms with Gasteiger partial charge < -0.3 is 10.1 Å². The van der Waals surface area contributed by atoms with Crippen LogP contribution in [0.25, 0.3) is 0 Å². The van der Waals surface area contributed by atoms with Crippen molar-refractivity contribution in [3.8, 4) is 17.6 Å². The van der Waals surface area contributed by atoms with E-state index in [0.717, 1.165) is 6.42 Å². The summed E-state index contributed by atoms with van der Waals surface area (Å²) in [4.78, 5) is 24.1. The summed E-state index contributed by atoms with van der Waals surface area (Å²) >= 11 is 0. The zero-order valence-electron chi connectivity index (χ0n) is 15.3. The van der Waals surface area contributed by atoms with Crippen molar-refractivity contribution in [3.63, 3.8) is 0 Å². The molecule has 140 valence electrons. The molecule has 2 aromatic carbocycles. The third kappa shape index (κ3) is 4.43. The Bertz CT molecular complexity index is 1080. The Morgan fingerprint density at radius 1 is 1.14 bits per heavy atom. The summed E-state index contributed by atoms with van der Waals surface area (Å²) in [5.41, 5.74) is 0.919. The van der Waals surface area contributed by atoms with E-state index < -0.39 is 5.91 Å². The van der Waals surface area contributed by atoms with Gasteiger partial charge in [0.05, 0.1) is 5.56 Å². The Kier molecular flexibility index (Phi) is 5.82. The molecule has 0 atom stereocenters. The summed E-state index contributed by atoms with van der Waals surface area (Å²) in [5, 5.41) is 15.9. The van der Waals surface area contributed by atoms with Crippen LogP contribution in [0.15, 0.2) is 65.5 Å². The van der Waals surface area contributed by atoms with Crippen molar-refractivity contribution < 1.29 is 9.53 Å². The fourth-order valence-electron chi connectivity index (χ4n) is 2.52.